The van der Waals surface area contributed by atoms with Gasteiger partial charge in [-0.25, -0.2) is 0 Å². The Morgan fingerprint density at radius 1 is 1.38 bits per heavy atom. The van der Waals surface area contributed by atoms with E-state index in [2.05, 4.69) is 18.7 Å². The van der Waals surface area contributed by atoms with Gasteiger partial charge in [-0.15, -0.1) is 0 Å². The predicted molar refractivity (Wildman–Crippen MR) is 62.3 cm³/mol. The van der Waals surface area contributed by atoms with Crippen molar-refractivity contribution in [3.63, 3.8) is 0 Å². The number of halogens is 2. The van der Waals surface area contributed by atoms with Crippen LogP contribution in [0, 0.1) is 0 Å². The summed E-state index contributed by atoms with van der Waals surface area (Å²) in [5, 5.41) is 4.73. The van der Waals surface area contributed by atoms with Crippen LogP contribution in [-0.2, 0) is 0 Å². The fraction of sp³-hybridized carbons (Fsp3) is 0.333. The van der Waals surface area contributed by atoms with Crippen LogP contribution in [-0.4, -0.2) is 6.66 Å². The molecule has 1 nitrogen and oxygen atoms in total. The first-order valence-corrected chi connectivity index (χ1v) is 6.28. The van der Waals surface area contributed by atoms with E-state index in [0.29, 0.717) is 13.8 Å². The molecule has 0 aliphatic rings. The van der Waals surface area contributed by atoms with Crippen LogP contribution in [0.4, 0.5) is 0 Å². The molecular weight excluding hydrogens is 224 g/mol. The van der Waals surface area contributed by atoms with Crippen molar-refractivity contribution in [2.75, 3.05) is 6.66 Å². The third-order valence-electron chi connectivity index (χ3n) is 1.79. The highest BCUT2D eigenvalue weighted by Gasteiger charge is 2.07. The molecule has 0 saturated heterocycles. The number of hydrogen-bond acceptors (Lipinski definition) is 1. The Morgan fingerprint density at radius 3 is 2.62 bits per heavy atom. The molecule has 0 amide bonds. The molecule has 2 atom stereocenters. The molecule has 0 aromatic heterocycles. The van der Waals surface area contributed by atoms with E-state index in [4.69, 9.17) is 23.2 Å². The zero-order valence-corrected chi connectivity index (χ0v) is 10.1. The summed E-state index contributed by atoms with van der Waals surface area (Å²) in [7, 11) is 0.716. The lowest BCUT2D eigenvalue weighted by Crippen LogP contribution is -2.08. The van der Waals surface area contributed by atoms with Crippen molar-refractivity contribution in [1.29, 1.82) is 0 Å². The third-order valence-corrected chi connectivity index (χ3v) is 3.07. The Labute approximate surface area is 90.7 Å². The van der Waals surface area contributed by atoms with Crippen LogP contribution in [0.2, 0.25) is 10.0 Å². The highest BCUT2D eigenvalue weighted by Crippen LogP contribution is 2.27. The van der Waals surface area contributed by atoms with Gasteiger partial charge in [0, 0.05) is 16.1 Å². The highest BCUT2D eigenvalue weighted by molar-refractivity contribution is 7.34. The Balaban J connectivity index is 2.88. The van der Waals surface area contributed by atoms with Crippen molar-refractivity contribution in [2.24, 2.45) is 0 Å². The second-order valence-corrected chi connectivity index (χ2v) is 4.41. The van der Waals surface area contributed by atoms with E-state index < -0.39 is 0 Å². The summed E-state index contributed by atoms with van der Waals surface area (Å²) >= 11 is 11.8. The molecule has 1 aromatic rings. The molecule has 1 N–H and O–H groups in total. The van der Waals surface area contributed by atoms with Gasteiger partial charge in [-0.3, -0.25) is 5.09 Å². The van der Waals surface area contributed by atoms with Gasteiger partial charge in [0.1, 0.15) is 0 Å². The van der Waals surface area contributed by atoms with Crippen LogP contribution >= 0.6 is 31.9 Å². The molecule has 0 radical (unpaired) electrons. The summed E-state index contributed by atoms with van der Waals surface area (Å²) in [5.74, 6) is 0. The smallest absolute Gasteiger partial charge is 0.0468 e. The van der Waals surface area contributed by atoms with E-state index in [1.807, 2.05) is 12.1 Å². The lowest BCUT2D eigenvalue weighted by Gasteiger charge is -2.14. The van der Waals surface area contributed by atoms with E-state index in [0.717, 1.165) is 10.6 Å². The maximum Gasteiger partial charge on any atom is 0.0468 e. The molecule has 72 valence electrons. The molecule has 1 aromatic carbocycles. The topological polar surface area (TPSA) is 12.0 Å². The largest absolute Gasteiger partial charge is 0.291 e. The summed E-state index contributed by atoms with van der Waals surface area (Å²) in [5.41, 5.74) is 1.10. The lowest BCUT2D eigenvalue weighted by molar-refractivity contribution is 0.751. The van der Waals surface area contributed by atoms with Gasteiger partial charge in [-0.2, -0.15) is 0 Å². The minimum Gasteiger partial charge on any atom is -0.291 e. The molecule has 1 rings (SSSR count). The Kier molecular flexibility index (Phi) is 4.48. The van der Waals surface area contributed by atoms with Crippen LogP contribution in [0.3, 0.4) is 0 Å². The van der Waals surface area contributed by atoms with Crippen LogP contribution in [0.5, 0.6) is 0 Å². The van der Waals surface area contributed by atoms with Crippen LogP contribution in [0.25, 0.3) is 0 Å². The van der Waals surface area contributed by atoms with Gasteiger partial charge in [-0.05, 0) is 31.3 Å². The summed E-state index contributed by atoms with van der Waals surface area (Å²) in [6.07, 6.45) is 0. The molecule has 0 bridgehead atoms. The Hall–Kier alpha value is 0.190. The number of benzene rings is 1. The molecule has 2 unspecified atom stereocenters. The predicted octanol–water partition coefficient (Wildman–Crippen LogP) is 3.87. The maximum absolute atomic E-state index is 6.04. The summed E-state index contributed by atoms with van der Waals surface area (Å²) in [6.45, 7) is 4.19. The minimum absolute atomic E-state index is 0.285. The zero-order valence-electron chi connectivity index (χ0n) is 7.57. The molecule has 0 fully saturated rings. The monoisotopic (exact) mass is 235 g/mol. The first-order chi connectivity index (χ1) is 6.15. The normalized spacial score (nSPS) is 13.8. The summed E-state index contributed by atoms with van der Waals surface area (Å²) in [6, 6.07) is 5.88. The number of rotatable bonds is 3. The first kappa shape index (κ1) is 11.3. The van der Waals surface area contributed by atoms with Crippen LogP contribution in [0.1, 0.15) is 18.5 Å². The molecule has 0 heterocycles. The van der Waals surface area contributed by atoms with Crippen molar-refractivity contribution in [3.05, 3.63) is 33.8 Å². The van der Waals surface area contributed by atoms with E-state index in [9.17, 15) is 0 Å². The third kappa shape index (κ3) is 3.11. The van der Waals surface area contributed by atoms with Crippen molar-refractivity contribution in [3.8, 4) is 0 Å². The maximum atomic E-state index is 6.04. The van der Waals surface area contributed by atoms with Crippen molar-refractivity contribution in [1.82, 2.24) is 5.09 Å². The van der Waals surface area contributed by atoms with Gasteiger partial charge in [-0.1, -0.05) is 38.0 Å². The van der Waals surface area contributed by atoms with Gasteiger partial charge >= 0.3 is 0 Å². The molecule has 0 spiro atoms. The highest BCUT2D eigenvalue weighted by atomic mass is 35.5. The second-order valence-electron chi connectivity index (χ2n) is 2.78. The van der Waals surface area contributed by atoms with Crippen molar-refractivity contribution in [2.45, 2.75) is 13.0 Å². The van der Waals surface area contributed by atoms with Crippen LogP contribution < -0.4 is 5.09 Å². The van der Waals surface area contributed by atoms with Gasteiger partial charge < -0.3 is 0 Å². The average molecular weight is 236 g/mol. The van der Waals surface area contributed by atoms with Crippen molar-refractivity contribution >= 4 is 31.9 Å². The minimum atomic E-state index is 0.285. The van der Waals surface area contributed by atoms with E-state index >= 15 is 0 Å². The summed E-state index contributed by atoms with van der Waals surface area (Å²) in [4.78, 5) is 0. The van der Waals surface area contributed by atoms with Crippen molar-refractivity contribution < 1.29 is 0 Å². The molecule has 0 aliphatic carbocycles. The van der Waals surface area contributed by atoms with E-state index in [-0.39, 0.29) is 6.04 Å². The SMILES string of the molecule is CPNC(C)c1ccc(Cl)cc1Cl. The quantitative estimate of drug-likeness (QED) is 0.785. The standard InChI is InChI=1S/C9H12Cl2NP/c1-6(12-13-2)8-4-3-7(10)5-9(8)11/h3-6,12-13H,1-2H3. The van der Waals surface area contributed by atoms with E-state index in [1.165, 1.54) is 0 Å². The molecule has 4 heteroatoms. The number of hydrogen-bond donors (Lipinski definition) is 1. The second kappa shape index (κ2) is 5.17. The molecule has 0 aliphatic heterocycles. The van der Waals surface area contributed by atoms with Gasteiger partial charge in [0.2, 0.25) is 0 Å². The van der Waals surface area contributed by atoms with E-state index in [1.54, 1.807) is 6.07 Å². The molecule has 13 heavy (non-hydrogen) atoms. The average Bonchev–Trinajstić information content (AvgIpc) is 2.04. The fourth-order valence-electron chi connectivity index (χ4n) is 1.15. The van der Waals surface area contributed by atoms with Gasteiger partial charge in [0.25, 0.3) is 0 Å². The zero-order chi connectivity index (χ0) is 9.84. The summed E-state index contributed by atoms with van der Waals surface area (Å²) < 4.78 is 0. The van der Waals surface area contributed by atoms with Crippen LogP contribution in [0.15, 0.2) is 18.2 Å². The Bertz CT molecular complexity index is 291. The Morgan fingerprint density at radius 2 is 2.08 bits per heavy atom. The fourth-order valence-corrected chi connectivity index (χ4v) is 2.31. The molecule has 0 saturated carbocycles. The molecular formula is C9H12Cl2NP. The van der Waals surface area contributed by atoms with Gasteiger partial charge in [0.05, 0.1) is 0 Å². The lowest BCUT2D eigenvalue weighted by atomic mass is 10.1. The van der Waals surface area contributed by atoms with Gasteiger partial charge in [0.15, 0.2) is 0 Å². The number of nitrogens with one attached hydrogen (secondary N) is 1. The first-order valence-electron chi connectivity index (χ1n) is 4.02.